The fourth-order valence-electron chi connectivity index (χ4n) is 1.56. The van der Waals surface area contributed by atoms with Crippen molar-refractivity contribution in [3.05, 3.63) is 23.8 Å². The van der Waals surface area contributed by atoms with Crippen LogP contribution in [-0.2, 0) is 0 Å². The topological polar surface area (TPSA) is 35.5 Å². The van der Waals surface area contributed by atoms with E-state index in [-0.39, 0.29) is 11.9 Å². The summed E-state index contributed by atoms with van der Waals surface area (Å²) in [5.74, 6) is 0.308. The Labute approximate surface area is 97.3 Å². The lowest BCUT2D eigenvalue weighted by atomic mass is 9.96. The van der Waals surface area contributed by atoms with Crippen LogP contribution in [0.4, 0.5) is 8.78 Å². The molecule has 0 radical (unpaired) electrons. The largest absolute Gasteiger partial charge is 0.490 e. The lowest BCUT2D eigenvalue weighted by Crippen LogP contribution is -2.25. The van der Waals surface area contributed by atoms with Crippen molar-refractivity contribution < 1.29 is 23.0 Å². The van der Waals surface area contributed by atoms with Crippen LogP contribution >= 0.6 is 0 Å². The first-order chi connectivity index (χ1) is 8.19. The number of benzene rings is 1. The fourth-order valence-corrected chi connectivity index (χ4v) is 1.56. The van der Waals surface area contributed by atoms with E-state index in [1.165, 1.54) is 18.2 Å². The van der Waals surface area contributed by atoms with E-state index in [1.807, 2.05) is 0 Å². The minimum atomic E-state index is -2.88. The molecule has 0 saturated heterocycles. The minimum absolute atomic E-state index is 0.0000709. The van der Waals surface area contributed by atoms with Crippen LogP contribution in [0.15, 0.2) is 18.2 Å². The Morgan fingerprint density at radius 1 is 1.35 bits per heavy atom. The molecule has 92 valence electrons. The number of hydrogen-bond acceptors (Lipinski definition) is 3. The lowest BCUT2D eigenvalue weighted by Gasteiger charge is -2.27. The molecule has 0 amide bonds. The van der Waals surface area contributed by atoms with Crippen molar-refractivity contribution in [2.45, 2.75) is 32.0 Å². The summed E-state index contributed by atoms with van der Waals surface area (Å²) >= 11 is 0. The van der Waals surface area contributed by atoms with E-state index in [2.05, 4.69) is 4.74 Å². The molecule has 1 aliphatic rings. The molecule has 1 saturated carbocycles. The Balaban J connectivity index is 2.16. The summed E-state index contributed by atoms with van der Waals surface area (Å²) < 4.78 is 33.9. The Morgan fingerprint density at radius 3 is 2.65 bits per heavy atom. The first kappa shape index (κ1) is 11.8. The van der Waals surface area contributed by atoms with E-state index >= 15 is 0 Å². The third-order valence-corrected chi connectivity index (χ3v) is 2.68. The van der Waals surface area contributed by atoms with E-state index < -0.39 is 6.61 Å². The first-order valence-electron chi connectivity index (χ1n) is 5.39. The Bertz CT molecular complexity index is 403. The minimum Gasteiger partial charge on any atom is -0.490 e. The molecular formula is C12H12F2O3. The van der Waals surface area contributed by atoms with Crippen molar-refractivity contribution in [2.24, 2.45) is 0 Å². The Hall–Kier alpha value is -1.65. The second-order valence-electron chi connectivity index (χ2n) is 3.87. The van der Waals surface area contributed by atoms with Crippen LogP contribution in [-0.4, -0.2) is 19.0 Å². The summed E-state index contributed by atoms with van der Waals surface area (Å²) in [4.78, 5) is 10.8. The maximum atomic E-state index is 12.0. The molecule has 1 aromatic rings. The van der Waals surface area contributed by atoms with Gasteiger partial charge in [-0.3, -0.25) is 4.79 Å². The second-order valence-corrected chi connectivity index (χ2v) is 3.87. The highest BCUT2D eigenvalue weighted by Gasteiger charge is 2.20. The predicted molar refractivity (Wildman–Crippen MR) is 56.7 cm³/mol. The van der Waals surface area contributed by atoms with E-state index in [0.717, 1.165) is 19.3 Å². The van der Waals surface area contributed by atoms with Crippen molar-refractivity contribution >= 4 is 6.29 Å². The molecule has 0 spiro atoms. The molecule has 3 nitrogen and oxygen atoms in total. The van der Waals surface area contributed by atoms with Gasteiger partial charge in [0.25, 0.3) is 0 Å². The van der Waals surface area contributed by atoms with Gasteiger partial charge in [0.05, 0.1) is 11.7 Å². The zero-order valence-electron chi connectivity index (χ0n) is 9.07. The number of rotatable bonds is 5. The average molecular weight is 242 g/mol. The van der Waals surface area contributed by atoms with Gasteiger partial charge in [0.1, 0.15) is 11.5 Å². The molecule has 5 heteroatoms. The first-order valence-corrected chi connectivity index (χ1v) is 5.39. The Kier molecular flexibility index (Phi) is 3.56. The van der Waals surface area contributed by atoms with Crippen molar-refractivity contribution in [3.8, 4) is 11.5 Å². The lowest BCUT2D eigenvalue weighted by molar-refractivity contribution is -0.0500. The van der Waals surface area contributed by atoms with Crippen molar-refractivity contribution in [2.75, 3.05) is 0 Å². The van der Waals surface area contributed by atoms with Gasteiger partial charge in [0.2, 0.25) is 0 Å². The average Bonchev–Trinajstić information content (AvgIpc) is 2.23. The van der Waals surface area contributed by atoms with Gasteiger partial charge >= 0.3 is 6.61 Å². The molecule has 1 aliphatic carbocycles. The summed E-state index contributed by atoms with van der Waals surface area (Å²) in [5, 5.41) is 0. The van der Waals surface area contributed by atoms with Crippen LogP contribution in [0.25, 0.3) is 0 Å². The molecule has 0 N–H and O–H groups in total. The molecular weight excluding hydrogens is 230 g/mol. The van der Waals surface area contributed by atoms with Gasteiger partial charge in [-0.1, -0.05) is 0 Å². The third kappa shape index (κ3) is 2.93. The number of ether oxygens (including phenoxy) is 2. The van der Waals surface area contributed by atoms with Gasteiger partial charge in [0.15, 0.2) is 6.29 Å². The molecule has 0 heterocycles. The molecule has 0 atom stereocenters. The van der Waals surface area contributed by atoms with Gasteiger partial charge in [-0.25, -0.2) is 0 Å². The fraction of sp³-hybridized carbons (Fsp3) is 0.417. The SMILES string of the molecule is O=Cc1ccc(OC(F)F)cc1OC1CCC1. The highest BCUT2D eigenvalue weighted by atomic mass is 19.3. The number of carbonyl (C=O) groups excluding carboxylic acids is 1. The monoisotopic (exact) mass is 242 g/mol. The van der Waals surface area contributed by atoms with Gasteiger partial charge in [0, 0.05) is 6.07 Å². The van der Waals surface area contributed by atoms with Crippen LogP contribution in [0.5, 0.6) is 11.5 Å². The summed E-state index contributed by atoms with van der Waals surface area (Å²) in [6.07, 6.45) is 3.67. The van der Waals surface area contributed by atoms with E-state index in [1.54, 1.807) is 0 Å². The van der Waals surface area contributed by atoms with Gasteiger partial charge < -0.3 is 9.47 Å². The van der Waals surface area contributed by atoms with Crippen LogP contribution in [0.1, 0.15) is 29.6 Å². The molecule has 2 rings (SSSR count). The maximum absolute atomic E-state index is 12.0. The second kappa shape index (κ2) is 5.12. The van der Waals surface area contributed by atoms with Crippen LogP contribution in [0.2, 0.25) is 0 Å². The normalized spacial score (nSPS) is 15.5. The summed E-state index contributed by atoms with van der Waals surface area (Å²) in [5.41, 5.74) is 0.346. The number of alkyl halides is 2. The molecule has 0 bridgehead atoms. The molecule has 0 aromatic heterocycles. The van der Waals surface area contributed by atoms with E-state index in [4.69, 9.17) is 4.74 Å². The standard InChI is InChI=1S/C12H12F2O3/c13-12(14)17-10-5-4-8(7-15)11(6-10)16-9-2-1-3-9/h4-7,9,12H,1-3H2. The van der Waals surface area contributed by atoms with Crippen LogP contribution in [0, 0.1) is 0 Å². The number of hydrogen-bond donors (Lipinski definition) is 0. The van der Waals surface area contributed by atoms with Gasteiger partial charge in [-0.2, -0.15) is 8.78 Å². The van der Waals surface area contributed by atoms with Crippen molar-refractivity contribution in [1.82, 2.24) is 0 Å². The molecule has 0 aliphatic heterocycles. The number of carbonyl (C=O) groups is 1. The molecule has 17 heavy (non-hydrogen) atoms. The van der Waals surface area contributed by atoms with Gasteiger partial charge in [-0.15, -0.1) is 0 Å². The molecule has 0 unspecified atom stereocenters. The van der Waals surface area contributed by atoms with Crippen molar-refractivity contribution in [3.63, 3.8) is 0 Å². The zero-order chi connectivity index (χ0) is 12.3. The van der Waals surface area contributed by atoms with Crippen LogP contribution in [0.3, 0.4) is 0 Å². The zero-order valence-corrected chi connectivity index (χ0v) is 9.07. The van der Waals surface area contributed by atoms with E-state index in [0.29, 0.717) is 17.6 Å². The maximum Gasteiger partial charge on any atom is 0.387 e. The van der Waals surface area contributed by atoms with E-state index in [9.17, 15) is 13.6 Å². The summed E-state index contributed by atoms with van der Waals surface area (Å²) in [6.45, 7) is -2.88. The summed E-state index contributed by atoms with van der Waals surface area (Å²) in [6, 6.07) is 4.07. The number of aldehydes is 1. The highest BCUT2D eigenvalue weighted by molar-refractivity contribution is 5.79. The smallest absolute Gasteiger partial charge is 0.387 e. The molecule has 1 fully saturated rings. The summed E-state index contributed by atoms with van der Waals surface area (Å²) in [7, 11) is 0. The quantitative estimate of drug-likeness (QED) is 0.744. The predicted octanol–water partition coefficient (Wildman–Crippen LogP) is 3.03. The van der Waals surface area contributed by atoms with Crippen LogP contribution < -0.4 is 9.47 Å². The third-order valence-electron chi connectivity index (χ3n) is 2.68. The van der Waals surface area contributed by atoms with Crippen molar-refractivity contribution in [1.29, 1.82) is 0 Å². The highest BCUT2D eigenvalue weighted by Crippen LogP contribution is 2.30. The van der Waals surface area contributed by atoms with Gasteiger partial charge in [-0.05, 0) is 31.4 Å². The molecule has 1 aromatic carbocycles. The number of halogens is 2. The Morgan fingerprint density at radius 2 is 2.12 bits per heavy atom.